The minimum absolute atomic E-state index is 0.0193. The second kappa shape index (κ2) is 13.2. The van der Waals surface area contributed by atoms with Crippen molar-refractivity contribution in [3.05, 3.63) is 107 Å². The number of nitrogens with one attached hydrogen (secondary N) is 2. The number of hydrogen-bond donors (Lipinski definition) is 3. The molecule has 3 aromatic carbocycles. The number of aromatic amines is 2. The predicted octanol–water partition coefficient (Wildman–Crippen LogP) is 5.87. The summed E-state index contributed by atoms with van der Waals surface area (Å²) >= 11 is 6.63. The highest BCUT2D eigenvalue weighted by atomic mass is 35.5. The summed E-state index contributed by atoms with van der Waals surface area (Å²) in [6, 6.07) is 23.4. The molecule has 1 atom stereocenters. The quantitative estimate of drug-likeness (QED) is 0.148. The van der Waals surface area contributed by atoms with E-state index in [-0.39, 0.29) is 6.61 Å². The van der Waals surface area contributed by atoms with Crippen LogP contribution in [0, 0.1) is 0 Å². The maximum absolute atomic E-state index is 13.0. The lowest BCUT2D eigenvalue weighted by Crippen LogP contribution is -2.34. The Kier molecular flexibility index (Phi) is 8.81. The molecule has 3 heterocycles. The second-order valence-electron chi connectivity index (χ2n) is 10.7. The molecule has 11 heteroatoms. The lowest BCUT2D eigenvalue weighted by atomic mass is 9.98. The maximum Gasteiger partial charge on any atom is 0.323 e. The highest BCUT2D eigenvalue weighted by Crippen LogP contribution is 2.30. The number of hydrogen-bond acceptors (Lipinski definition) is 7. The van der Waals surface area contributed by atoms with Crippen LogP contribution in [-0.2, 0) is 35.5 Å². The molecule has 0 radical (unpaired) electrons. The number of H-pyrrole nitrogens is 2. The van der Waals surface area contributed by atoms with Gasteiger partial charge in [0.1, 0.15) is 18.5 Å². The molecule has 0 saturated heterocycles. The molecule has 0 aliphatic rings. The van der Waals surface area contributed by atoms with Gasteiger partial charge in [0.05, 0.1) is 5.69 Å². The van der Waals surface area contributed by atoms with Gasteiger partial charge in [-0.3, -0.25) is 4.79 Å². The average Bonchev–Trinajstić information content (AvgIpc) is 3.80. The van der Waals surface area contributed by atoms with Crippen LogP contribution in [0.15, 0.2) is 79.0 Å². The molecule has 3 aromatic heterocycles. The fourth-order valence-corrected chi connectivity index (χ4v) is 5.65. The van der Waals surface area contributed by atoms with Gasteiger partial charge in [-0.25, -0.2) is 4.98 Å². The van der Waals surface area contributed by atoms with Crippen molar-refractivity contribution >= 4 is 28.5 Å². The van der Waals surface area contributed by atoms with Crippen LogP contribution in [0.3, 0.4) is 0 Å². The van der Waals surface area contributed by atoms with E-state index >= 15 is 0 Å². The Labute approximate surface area is 259 Å². The minimum atomic E-state index is -0.813. The maximum atomic E-state index is 13.0. The fourth-order valence-electron chi connectivity index (χ4n) is 5.40. The Morgan fingerprint density at radius 1 is 1.05 bits per heavy atom. The number of imidazole rings is 1. The number of carbonyl (C=O) groups excluding carboxylic acids is 1. The molecule has 224 valence electrons. The van der Waals surface area contributed by atoms with Crippen LogP contribution in [0.4, 0.5) is 0 Å². The largest absolute Gasteiger partial charge is 0.458 e. The van der Waals surface area contributed by atoms with Crippen LogP contribution in [0.25, 0.3) is 33.4 Å². The summed E-state index contributed by atoms with van der Waals surface area (Å²) in [6.07, 6.45) is 5.00. The van der Waals surface area contributed by atoms with E-state index < -0.39 is 12.0 Å². The summed E-state index contributed by atoms with van der Waals surface area (Å²) in [6.45, 7) is 2.64. The lowest BCUT2D eigenvalue weighted by Gasteiger charge is -2.15. The normalized spacial score (nSPS) is 12.1. The number of fused-ring (bicyclic) bond motifs is 1. The zero-order chi connectivity index (χ0) is 30.5. The molecule has 0 unspecified atom stereocenters. The third-order valence-corrected chi connectivity index (χ3v) is 8.05. The first-order valence-corrected chi connectivity index (χ1v) is 15.0. The van der Waals surface area contributed by atoms with Gasteiger partial charge in [-0.05, 0) is 40.0 Å². The van der Waals surface area contributed by atoms with Gasteiger partial charge in [0.15, 0.2) is 5.15 Å². The summed E-state index contributed by atoms with van der Waals surface area (Å²) in [4.78, 5) is 20.8. The molecule has 0 spiro atoms. The van der Waals surface area contributed by atoms with E-state index in [0.29, 0.717) is 29.6 Å². The van der Waals surface area contributed by atoms with Crippen LogP contribution in [0.2, 0.25) is 5.15 Å². The number of carbonyl (C=O) groups is 1. The van der Waals surface area contributed by atoms with Crippen LogP contribution >= 0.6 is 11.6 Å². The van der Waals surface area contributed by atoms with Gasteiger partial charge in [-0.15, -0.1) is 10.2 Å². The second-order valence-corrected chi connectivity index (χ2v) is 11.1. The van der Waals surface area contributed by atoms with E-state index in [2.05, 4.69) is 66.3 Å². The number of esters is 1. The molecule has 0 amide bonds. The predicted molar refractivity (Wildman–Crippen MR) is 170 cm³/mol. The van der Waals surface area contributed by atoms with E-state index in [0.717, 1.165) is 63.8 Å². The van der Waals surface area contributed by atoms with Crippen LogP contribution in [0.1, 0.15) is 42.4 Å². The van der Waals surface area contributed by atoms with Gasteiger partial charge >= 0.3 is 5.97 Å². The molecule has 0 aliphatic heterocycles. The lowest BCUT2D eigenvalue weighted by molar-refractivity contribution is -0.146. The highest BCUT2D eigenvalue weighted by Gasteiger charge is 2.22. The van der Waals surface area contributed by atoms with Crippen molar-refractivity contribution in [2.75, 3.05) is 0 Å². The molecule has 6 rings (SSSR count). The first kappa shape index (κ1) is 29.3. The molecular formula is C33H33ClN8O2. The van der Waals surface area contributed by atoms with Crippen molar-refractivity contribution in [1.29, 1.82) is 0 Å². The Morgan fingerprint density at radius 3 is 2.59 bits per heavy atom. The zero-order valence-electron chi connectivity index (χ0n) is 24.3. The van der Waals surface area contributed by atoms with Crippen LogP contribution < -0.4 is 5.73 Å². The molecule has 0 saturated carbocycles. The first-order valence-electron chi connectivity index (χ1n) is 14.6. The Bertz CT molecular complexity index is 1860. The monoisotopic (exact) mass is 608 g/mol. The third-order valence-electron chi connectivity index (χ3n) is 7.74. The van der Waals surface area contributed by atoms with Gasteiger partial charge in [-0.2, -0.15) is 5.21 Å². The average molecular weight is 609 g/mol. The molecule has 0 fully saturated rings. The van der Waals surface area contributed by atoms with Gasteiger partial charge in [-0.1, -0.05) is 91.7 Å². The Balaban J connectivity index is 1.19. The molecule has 44 heavy (non-hydrogen) atoms. The SMILES string of the molecule is CCCCc1nc(Cl)c(COC(=O)[C@H](N)Cc2c[nH]c3ccccc23)n1Cc1ccc(-c2ccccc2-c2nn[nH]n2)cc1. The van der Waals surface area contributed by atoms with Crippen molar-refractivity contribution in [1.82, 2.24) is 35.2 Å². The summed E-state index contributed by atoms with van der Waals surface area (Å²) in [5.74, 6) is 0.912. The van der Waals surface area contributed by atoms with Gasteiger partial charge in [0.2, 0.25) is 5.82 Å². The van der Waals surface area contributed by atoms with E-state index in [1.165, 1.54) is 0 Å². The highest BCUT2D eigenvalue weighted by molar-refractivity contribution is 6.30. The number of unbranched alkanes of at least 4 members (excludes halogenated alkanes) is 1. The van der Waals surface area contributed by atoms with Crippen LogP contribution in [-0.4, -0.2) is 47.2 Å². The van der Waals surface area contributed by atoms with E-state index in [1.807, 2.05) is 54.7 Å². The number of halogens is 1. The zero-order valence-corrected chi connectivity index (χ0v) is 25.1. The van der Waals surface area contributed by atoms with Crippen molar-refractivity contribution in [2.45, 2.75) is 51.8 Å². The van der Waals surface area contributed by atoms with Gasteiger partial charge < -0.3 is 20.0 Å². The fraction of sp³-hybridized carbons (Fsp3) is 0.242. The molecule has 6 aromatic rings. The summed E-state index contributed by atoms with van der Waals surface area (Å²) < 4.78 is 7.77. The van der Waals surface area contributed by atoms with Crippen molar-refractivity contribution in [3.63, 3.8) is 0 Å². The number of aromatic nitrogens is 7. The number of tetrazole rings is 1. The summed E-state index contributed by atoms with van der Waals surface area (Å²) in [5, 5.41) is 15.9. The van der Waals surface area contributed by atoms with Gasteiger partial charge in [0.25, 0.3) is 0 Å². The number of benzene rings is 3. The first-order chi connectivity index (χ1) is 21.5. The number of nitrogens with two attached hydrogens (primary N) is 1. The van der Waals surface area contributed by atoms with E-state index in [1.54, 1.807) is 0 Å². The third kappa shape index (κ3) is 6.27. The summed E-state index contributed by atoms with van der Waals surface area (Å²) in [7, 11) is 0. The minimum Gasteiger partial charge on any atom is -0.458 e. The van der Waals surface area contributed by atoms with Gasteiger partial charge in [0, 0.05) is 42.0 Å². The summed E-state index contributed by atoms with van der Waals surface area (Å²) in [5.41, 5.74) is 12.9. The van der Waals surface area contributed by atoms with Crippen molar-refractivity contribution in [3.8, 4) is 22.5 Å². The molecule has 0 bridgehead atoms. The van der Waals surface area contributed by atoms with Crippen molar-refractivity contribution in [2.24, 2.45) is 5.73 Å². The molecular weight excluding hydrogens is 576 g/mol. The molecule has 10 nitrogen and oxygen atoms in total. The number of ether oxygens (including phenoxy) is 1. The molecule has 4 N–H and O–H groups in total. The number of aryl methyl sites for hydroxylation is 1. The number of rotatable bonds is 12. The molecule has 0 aliphatic carbocycles. The number of para-hydroxylation sites is 1. The standard InChI is InChI=1S/C33H33ClN8O2/c1-2-3-12-30-37-31(34)29(20-44-33(43)27(35)17-23-18-36-28-11-7-6-9-25(23)28)42(30)19-21-13-15-22(16-14-21)24-8-4-5-10-26(24)32-38-40-41-39-32/h4-11,13-16,18,27,36H,2-3,12,17,19-20,35H2,1H3,(H,38,39,40,41)/t27-/m1/s1. The van der Waals surface area contributed by atoms with E-state index in [4.69, 9.17) is 22.1 Å². The Hall–Kier alpha value is -4.80. The van der Waals surface area contributed by atoms with Crippen molar-refractivity contribution < 1.29 is 9.53 Å². The van der Waals surface area contributed by atoms with E-state index in [9.17, 15) is 4.79 Å². The number of nitrogens with zero attached hydrogens (tertiary/aromatic N) is 5. The van der Waals surface area contributed by atoms with Crippen LogP contribution in [0.5, 0.6) is 0 Å². The smallest absolute Gasteiger partial charge is 0.323 e. The topological polar surface area (TPSA) is 140 Å². The Morgan fingerprint density at radius 2 is 1.82 bits per heavy atom.